The number of halogens is 1. The Morgan fingerprint density at radius 1 is 1.04 bits per heavy atom. The summed E-state index contributed by atoms with van der Waals surface area (Å²) in [5.74, 6) is 0.764. The maximum Gasteiger partial charge on any atom is 0.168 e. The van der Waals surface area contributed by atoms with Crippen LogP contribution in [-0.4, -0.2) is 19.7 Å². The van der Waals surface area contributed by atoms with Gasteiger partial charge in [0.2, 0.25) is 0 Å². The van der Waals surface area contributed by atoms with Crippen molar-refractivity contribution in [2.45, 2.75) is 20.4 Å². The molecule has 0 radical (unpaired) electrons. The summed E-state index contributed by atoms with van der Waals surface area (Å²) in [5, 5.41) is 9.44. The Kier molecular flexibility index (Phi) is 4.31. The molecule has 2 aromatic carbocycles. The van der Waals surface area contributed by atoms with Crippen molar-refractivity contribution in [1.82, 2.24) is 19.7 Å². The third-order valence-corrected chi connectivity index (χ3v) is 4.75. The maximum absolute atomic E-state index is 6.26. The Labute approximate surface area is 156 Å². The second kappa shape index (κ2) is 6.77. The zero-order valence-electron chi connectivity index (χ0n) is 14.6. The Balaban J connectivity index is 1.66. The summed E-state index contributed by atoms with van der Waals surface area (Å²) < 4.78 is 1.78. The van der Waals surface area contributed by atoms with E-state index >= 15 is 0 Å². The van der Waals surface area contributed by atoms with Crippen molar-refractivity contribution in [3.63, 3.8) is 0 Å². The molecule has 0 spiro atoms. The van der Waals surface area contributed by atoms with Crippen molar-refractivity contribution in [3.8, 4) is 5.69 Å². The third-order valence-electron chi connectivity index (χ3n) is 4.35. The number of aromatic nitrogens is 4. The van der Waals surface area contributed by atoms with Gasteiger partial charge in [0, 0.05) is 11.6 Å². The van der Waals surface area contributed by atoms with Gasteiger partial charge in [0.15, 0.2) is 5.65 Å². The first kappa shape index (κ1) is 16.5. The van der Waals surface area contributed by atoms with Crippen LogP contribution in [0.3, 0.4) is 0 Å². The summed E-state index contributed by atoms with van der Waals surface area (Å²) in [4.78, 5) is 8.78. The minimum absolute atomic E-state index is 0.688. The zero-order valence-corrected chi connectivity index (χ0v) is 15.3. The van der Waals surface area contributed by atoms with Crippen molar-refractivity contribution < 1.29 is 0 Å². The van der Waals surface area contributed by atoms with Crippen molar-refractivity contribution >= 4 is 28.5 Å². The van der Waals surface area contributed by atoms with Crippen molar-refractivity contribution in [2.75, 3.05) is 5.32 Å². The Bertz CT molecular complexity index is 1070. The van der Waals surface area contributed by atoms with Gasteiger partial charge in [-0.1, -0.05) is 47.5 Å². The van der Waals surface area contributed by atoms with E-state index in [1.54, 1.807) is 17.2 Å². The third kappa shape index (κ3) is 3.13. The molecule has 0 bridgehead atoms. The molecule has 0 aliphatic rings. The van der Waals surface area contributed by atoms with Crippen LogP contribution in [0.2, 0.25) is 5.02 Å². The monoisotopic (exact) mass is 363 g/mol. The number of anilines is 1. The van der Waals surface area contributed by atoms with Crippen molar-refractivity contribution in [2.24, 2.45) is 0 Å². The van der Waals surface area contributed by atoms with Crippen LogP contribution in [0.1, 0.15) is 16.7 Å². The van der Waals surface area contributed by atoms with Gasteiger partial charge in [0.25, 0.3) is 0 Å². The highest BCUT2D eigenvalue weighted by molar-refractivity contribution is 6.31. The van der Waals surface area contributed by atoms with Crippen LogP contribution in [0.5, 0.6) is 0 Å². The summed E-state index contributed by atoms with van der Waals surface area (Å²) in [6.07, 6.45) is 3.33. The molecule has 0 saturated carbocycles. The second-order valence-electron chi connectivity index (χ2n) is 6.29. The molecule has 0 unspecified atom stereocenters. The van der Waals surface area contributed by atoms with Gasteiger partial charge in [-0.05, 0) is 37.1 Å². The summed E-state index contributed by atoms with van der Waals surface area (Å²) in [6, 6.07) is 14.3. The van der Waals surface area contributed by atoms with Gasteiger partial charge in [-0.15, -0.1) is 0 Å². The molecule has 6 heteroatoms. The lowest BCUT2D eigenvalue weighted by Gasteiger charge is -2.08. The molecule has 0 aliphatic heterocycles. The van der Waals surface area contributed by atoms with Crippen molar-refractivity contribution in [1.29, 1.82) is 0 Å². The molecular formula is C20H18ClN5. The number of fused-ring (bicyclic) bond motifs is 1. The first-order chi connectivity index (χ1) is 12.6. The minimum atomic E-state index is 0.688. The van der Waals surface area contributed by atoms with Gasteiger partial charge in [0.05, 0.1) is 17.3 Å². The van der Waals surface area contributed by atoms with E-state index in [1.165, 1.54) is 11.1 Å². The molecule has 4 rings (SSSR count). The van der Waals surface area contributed by atoms with Crippen LogP contribution in [0, 0.1) is 13.8 Å². The predicted molar refractivity (Wildman–Crippen MR) is 105 cm³/mol. The summed E-state index contributed by atoms with van der Waals surface area (Å²) in [6.45, 7) is 4.74. The molecule has 130 valence electrons. The number of nitrogens with one attached hydrogen (secondary N) is 1. The average molecular weight is 364 g/mol. The normalized spacial score (nSPS) is 11.0. The first-order valence-electron chi connectivity index (χ1n) is 8.36. The van der Waals surface area contributed by atoms with E-state index in [-0.39, 0.29) is 0 Å². The fourth-order valence-corrected chi connectivity index (χ4v) is 2.95. The highest BCUT2D eigenvalue weighted by atomic mass is 35.5. The largest absolute Gasteiger partial charge is 0.365 e. The maximum atomic E-state index is 6.26. The smallest absolute Gasteiger partial charge is 0.168 e. The SMILES string of the molecule is Cc1ccc(CNc2ncnc3c2cnn3-c2ccc(C)c(Cl)c2)cc1. The van der Waals surface area contributed by atoms with E-state index in [1.807, 2.05) is 25.1 Å². The molecule has 0 saturated heterocycles. The standard InChI is InChI=1S/C20H18ClN5/c1-13-3-6-15(7-4-13)10-22-19-17-11-25-26(20(17)24-12-23-19)16-8-5-14(2)18(21)9-16/h3-9,11-12H,10H2,1-2H3,(H,22,23,24). The van der Waals surface area contributed by atoms with E-state index in [0.29, 0.717) is 11.6 Å². The number of hydrogen-bond donors (Lipinski definition) is 1. The number of aryl methyl sites for hydroxylation is 2. The molecule has 2 heterocycles. The topological polar surface area (TPSA) is 55.6 Å². The number of hydrogen-bond acceptors (Lipinski definition) is 4. The Hall–Kier alpha value is -2.92. The molecule has 0 fully saturated rings. The first-order valence-corrected chi connectivity index (χ1v) is 8.74. The number of benzene rings is 2. The van der Waals surface area contributed by atoms with Crippen LogP contribution in [0.4, 0.5) is 5.82 Å². The highest BCUT2D eigenvalue weighted by Gasteiger charge is 2.11. The molecular weight excluding hydrogens is 346 g/mol. The summed E-state index contributed by atoms with van der Waals surface area (Å²) in [7, 11) is 0. The molecule has 5 nitrogen and oxygen atoms in total. The van der Waals surface area contributed by atoms with E-state index in [0.717, 1.165) is 28.1 Å². The van der Waals surface area contributed by atoms with Gasteiger partial charge in [-0.3, -0.25) is 0 Å². The summed E-state index contributed by atoms with van der Waals surface area (Å²) in [5.41, 5.74) is 5.09. The van der Waals surface area contributed by atoms with E-state index in [2.05, 4.69) is 51.6 Å². The number of rotatable bonds is 4. The molecule has 26 heavy (non-hydrogen) atoms. The lowest BCUT2D eigenvalue weighted by molar-refractivity contribution is 0.894. The molecule has 0 atom stereocenters. The quantitative estimate of drug-likeness (QED) is 0.571. The van der Waals surface area contributed by atoms with Gasteiger partial charge in [-0.2, -0.15) is 5.10 Å². The van der Waals surface area contributed by atoms with Gasteiger partial charge in [-0.25, -0.2) is 14.6 Å². The Morgan fingerprint density at radius 2 is 1.85 bits per heavy atom. The lowest BCUT2D eigenvalue weighted by atomic mass is 10.1. The fraction of sp³-hybridized carbons (Fsp3) is 0.150. The van der Waals surface area contributed by atoms with Crippen LogP contribution in [0.25, 0.3) is 16.7 Å². The summed E-state index contributed by atoms with van der Waals surface area (Å²) >= 11 is 6.26. The lowest BCUT2D eigenvalue weighted by Crippen LogP contribution is -2.03. The fourth-order valence-electron chi connectivity index (χ4n) is 2.78. The van der Waals surface area contributed by atoms with Crippen LogP contribution in [-0.2, 0) is 6.54 Å². The van der Waals surface area contributed by atoms with Crippen LogP contribution in [0.15, 0.2) is 55.0 Å². The predicted octanol–water partition coefficient (Wildman–Crippen LogP) is 4.70. The van der Waals surface area contributed by atoms with Crippen molar-refractivity contribution in [3.05, 3.63) is 76.7 Å². The molecule has 1 N–H and O–H groups in total. The molecule has 0 amide bonds. The van der Waals surface area contributed by atoms with E-state index in [4.69, 9.17) is 11.6 Å². The van der Waals surface area contributed by atoms with E-state index < -0.39 is 0 Å². The molecule has 2 aromatic heterocycles. The second-order valence-corrected chi connectivity index (χ2v) is 6.70. The van der Waals surface area contributed by atoms with Crippen LogP contribution < -0.4 is 5.32 Å². The van der Waals surface area contributed by atoms with E-state index in [9.17, 15) is 0 Å². The van der Waals surface area contributed by atoms with Crippen LogP contribution >= 0.6 is 11.6 Å². The Morgan fingerprint density at radius 3 is 2.62 bits per heavy atom. The van der Waals surface area contributed by atoms with Gasteiger partial charge >= 0.3 is 0 Å². The highest BCUT2D eigenvalue weighted by Crippen LogP contribution is 2.24. The average Bonchev–Trinajstić information content (AvgIpc) is 3.08. The van der Waals surface area contributed by atoms with Gasteiger partial charge < -0.3 is 5.32 Å². The molecule has 0 aliphatic carbocycles. The van der Waals surface area contributed by atoms with Gasteiger partial charge in [0.1, 0.15) is 12.1 Å². The minimum Gasteiger partial charge on any atom is -0.365 e. The zero-order chi connectivity index (χ0) is 18.1. The number of nitrogens with zero attached hydrogens (tertiary/aromatic N) is 4. The molecule has 4 aromatic rings.